The van der Waals surface area contributed by atoms with Crippen LogP contribution >= 0.6 is 0 Å². The largest absolute Gasteiger partial charge is 0.309 e. The fourth-order valence-corrected chi connectivity index (χ4v) is 3.05. The van der Waals surface area contributed by atoms with Gasteiger partial charge in [0.25, 0.3) is 0 Å². The van der Waals surface area contributed by atoms with E-state index >= 15 is 0 Å². The second kappa shape index (κ2) is 5.16. The molecule has 1 amide bonds. The molecule has 100 valence electrons. The first-order valence-corrected chi connectivity index (χ1v) is 7.00. The van der Waals surface area contributed by atoms with Crippen LogP contribution < -0.4 is 4.90 Å². The van der Waals surface area contributed by atoms with E-state index in [0.29, 0.717) is 24.6 Å². The smallest absolute Gasteiger partial charge is 0.227 e. The number of aryl methyl sites for hydroxylation is 1. The van der Waals surface area contributed by atoms with Gasteiger partial charge >= 0.3 is 0 Å². The van der Waals surface area contributed by atoms with Crippen molar-refractivity contribution in [2.45, 2.75) is 32.1 Å². The van der Waals surface area contributed by atoms with Crippen molar-refractivity contribution in [1.82, 2.24) is 0 Å². The van der Waals surface area contributed by atoms with E-state index in [9.17, 15) is 9.18 Å². The molecule has 0 spiro atoms. The number of rotatable bonds is 2. The molecule has 0 radical (unpaired) electrons. The monoisotopic (exact) mass is 259 g/mol. The van der Waals surface area contributed by atoms with Crippen LogP contribution in [0.4, 0.5) is 10.1 Å². The third kappa shape index (κ3) is 2.42. The Morgan fingerprint density at radius 3 is 3.11 bits per heavy atom. The maximum absolute atomic E-state index is 14.0. The zero-order valence-electron chi connectivity index (χ0n) is 10.9. The highest BCUT2D eigenvalue weighted by Crippen LogP contribution is 2.31. The van der Waals surface area contributed by atoms with Crippen molar-refractivity contribution in [3.05, 3.63) is 41.7 Å². The molecule has 1 aromatic rings. The minimum Gasteiger partial charge on any atom is -0.309 e. The predicted molar refractivity (Wildman–Crippen MR) is 73.6 cm³/mol. The van der Waals surface area contributed by atoms with Crippen molar-refractivity contribution in [3.63, 3.8) is 0 Å². The summed E-state index contributed by atoms with van der Waals surface area (Å²) in [5, 5.41) is 0. The molecular weight excluding hydrogens is 241 g/mol. The van der Waals surface area contributed by atoms with Gasteiger partial charge in [0, 0.05) is 13.0 Å². The van der Waals surface area contributed by atoms with E-state index in [0.717, 1.165) is 31.2 Å². The molecule has 2 nitrogen and oxygen atoms in total. The number of benzene rings is 1. The van der Waals surface area contributed by atoms with E-state index in [1.807, 2.05) is 6.07 Å². The number of carbonyl (C=O) groups excluding carboxylic acids is 1. The summed E-state index contributed by atoms with van der Waals surface area (Å²) in [5.74, 6) is 0.125. The molecule has 1 aliphatic carbocycles. The first-order valence-electron chi connectivity index (χ1n) is 7.00. The SMILES string of the molecule is O=C(CC1C=CCC1)N1CCCc2cccc(F)c21. The third-order valence-corrected chi connectivity index (χ3v) is 4.02. The van der Waals surface area contributed by atoms with Gasteiger partial charge in [0.1, 0.15) is 5.82 Å². The summed E-state index contributed by atoms with van der Waals surface area (Å²) in [6.45, 7) is 0.642. The number of nitrogens with zero attached hydrogens (tertiary/aromatic N) is 1. The number of hydrogen-bond acceptors (Lipinski definition) is 1. The van der Waals surface area contributed by atoms with Crippen LogP contribution in [0.5, 0.6) is 0 Å². The average molecular weight is 259 g/mol. The van der Waals surface area contributed by atoms with Gasteiger partial charge in [-0.1, -0.05) is 24.3 Å². The number of fused-ring (bicyclic) bond motifs is 1. The number of allylic oxidation sites excluding steroid dienone is 2. The van der Waals surface area contributed by atoms with Gasteiger partial charge in [0.2, 0.25) is 5.91 Å². The minimum atomic E-state index is -0.271. The normalized spacial score (nSPS) is 21.5. The number of carbonyl (C=O) groups is 1. The van der Waals surface area contributed by atoms with Gasteiger partial charge in [-0.2, -0.15) is 0 Å². The molecule has 0 bridgehead atoms. The van der Waals surface area contributed by atoms with Crippen LogP contribution in [-0.4, -0.2) is 12.5 Å². The molecule has 3 heteroatoms. The van der Waals surface area contributed by atoms with Crippen molar-refractivity contribution in [2.75, 3.05) is 11.4 Å². The molecule has 1 unspecified atom stereocenters. The van der Waals surface area contributed by atoms with Crippen molar-refractivity contribution >= 4 is 11.6 Å². The average Bonchev–Trinajstić information content (AvgIpc) is 2.91. The Labute approximate surface area is 112 Å². The molecule has 19 heavy (non-hydrogen) atoms. The summed E-state index contributed by atoms with van der Waals surface area (Å²) in [5.41, 5.74) is 1.47. The van der Waals surface area contributed by atoms with Crippen LogP contribution in [-0.2, 0) is 11.2 Å². The summed E-state index contributed by atoms with van der Waals surface area (Å²) < 4.78 is 14.0. The van der Waals surface area contributed by atoms with Gasteiger partial charge in [-0.3, -0.25) is 4.79 Å². The summed E-state index contributed by atoms with van der Waals surface area (Å²) in [6, 6.07) is 5.09. The Bertz CT molecular complexity index is 523. The summed E-state index contributed by atoms with van der Waals surface area (Å²) in [4.78, 5) is 14.0. The van der Waals surface area contributed by atoms with Crippen molar-refractivity contribution < 1.29 is 9.18 Å². The van der Waals surface area contributed by atoms with Gasteiger partial charge in [-0.25, -0.2) is 4.39 Å². The molecule has 2 aliphatic rings. The summed E-state index contributed by atoms with van der Waals surface area (Å²) in [6.07, 6.45) is 8.63. The zero-order valence-corrected chi connectivity index (χ0v) is 10.9. The number of anilines is 1. The van der Waals surface area contributed by atoms with Crippen LogP contribution in [0.3, 0.4) is 0 Å². The lowest BCUT2D eigenvalue weighted by molar-refractivity contribution is -0.119. The molecule has 0 N–H and O–H groups in total. The van der Waals surface area contributed by atoms with Crippen LogP contribution in [0.1, 0.15) is 31.2 Å². The molecule has 0 saturated heterocycles. The van der Waals surface area contributed by atoms with E-state index in [4.69, 9.17) is 0 Å². The van der Waals surface area contributed by atoms with Crippen molar-refractivity contribution in [1.29, 1.82) is 0 Å². The number of amides is 1. The molecule has 0 saturated carbocycles. The quantitative estimate of drug-likeness (QED) is 0.745. The van der Waals surface area contributed by atoms with Gasteiger partial charge in [-0.05, 0) is 43.2 Å². The van der Waals surface area contributed by atoms with Crippen LogP contribution in [0.25, 0.3) is 0 Å². The molecule has 1 atom stereocenters. The molecule has 0 fully saturated rings. The summed E-state index contributed by atoms with van der Waals surface area (Å²) in [7, 11) is 0. The molecule has 0 aromatic heterocycles. The zero-order chi connectivity index (χ0) is 13.2. The van der Waals surface area contributed by atoms with Crippen LogP contribution in [0.2, 0.25) is 0 Å². The van der Waals surface area contributed by atoms with Gasteiger partial charge in [0.05, 0.1) is 5.69 Å². The number of hydrogen-bond donors (Lipinski definition) is 0. The van der Waals surface area contributed by atoms with Crippen LogP contribution in [0.15, 0.2) is 30.4 Å². The Kier molecular flexibility index (Phi) is 3.36. The van der Waals surface area contributed by atoms with Gasteiger partial charge < -0.3 is 4.90 Å². The second-order valence-electron chi connectivity index (χ2n) is 5.37. The lowest BCUT2D eigenvalue weighted by Crippen LogP contribution is -2.37. The molecular formula is C16H18FNO. The van der Waals surface area contributed by atoms with Gasteiger partial charge in [0.15, 0.2) is 0 Å². The van der Waals surface area contributed by atoms with E-state index < -0.39 is 0 Å². The fourth-order valence-electron chi connectivity index (χ4n) is 3.05. The maximum Gasteiger partial charge on any atom is 0.227 e. The highest BCUT2D eigenvalue weighted by atomic mass is 19.1. The molecule has 1 heterocycles. The lowest BCUT2D eigenvalue weighted by Gasteiger charge is -2.30. The summed E-state index contributed by atoms with van der Waals surface area (Å²) >= 11 is 0. The highest BCUT2D eigenvalue weighted by molar-refractivity contribution is 5.95. The van der Waals surface area contributed by atoms with Crippen LogP contribution in [0, 0.1) is 11.7 Å². The first kappa shape index (κ1) is 12.4. The number of halogens is 1. The minimum absolute atomic E-state index is 0.0580. The second-order valence-corrected chi connectivity index (χ2v) is 5.37. The van der Waals surface area contributed by atoms with E-state index in [2.05, 4.69) is 12.2 Å². The van der Waals surface area contributed by atoms with Crippen molar-refractivity contribution in [3.8, 4) is 0 Å². The predicted octanol–water partition coefficient (Wildman–Crippen LogP) is 3.46. The molecule has 1 aromatic carbocycles. The standard InChI is InChI=1S/C16H18FNO/c17-14-9-3-7-13-8-4-10-18(16(13)14)15(19)11-12-5-1-2-6-12/h1,3,5,7,9,12H,2,4,6,8,10-11H2. The van der Waals surface area contributed by atoms with Gasteiger partial charge in [-0.15, -0.1) is 0 Å². The first-order chi connectivity index (χ1) is 9.25. The Morgan fingerprint density at radius 2 is 2.32 bits per heavy atom. The van der Waals surface area contributed by atoms with E-state index in [1.165, 1.54) is 6.07 Å². The van der Waals surface area contributed by atoms with Crippen molar-refractivity contribution in [2.24, 2.45) is 5.92 Å². The topological polar surface area (TPSA) is 20.3 Å². The molecule has 3 rings (SSSR count). The van der Waals surface area contributed by atoms with E-state index in [1.54, 1.807) is 11.0 Å². The Morgan fingerprint density at radius 1 is 1.42 bits per heavy atom. The van der Waals surface area contributed by atoms with E-state index in [-0.39, 0.29) is 11.7 Å². The lowest BCUT2D eigenvalue weighted by atomic mass is 9.99. The fraction of sp³-hybridized carbons (Fsp3) is 0.438. The Balaban J connectivity index is 1.82. The number of para-hydroxylation sites is 1. The highest BCUT2D eigenvalue weighted by Gasteiger charge is 2.27. The molecule has 1 aliphatic heterocycles. The third-order valence-electron chi connectivity index (χ3n) is 4.02. The maximum atomic E-state index is 14.0. The Hall–Kier alpha value is -1.64.